The number of amides is 2. The fourth-order valence-electron chi connectivity index (χ4n) is 3.47. The number of nitrogens with zero attached hydrogens (tertiary/aromatic N) is 2. The van der Waals surface area contributed by atoms with Gasteiger partial charge in [0.1, 0.15) is 0 Å². The van der Waals surface area contributed by atoms with E-state index in [-0.39, 0.29) is 11.8 Å². The zero-order valence-corrected chi connectivity index (χ0v) is 17.4. The molecule has 0 saturated carbocycles. The molecule has 4 rings (SSSR count). The summed E-state index contributed by atoms with van der Waals surface area (Å²) in [4.78, 5) is 31.9. The lowest BCUT2D eigenvalue weighted by atomic mass is 10.0. The number of hydrogen-bond acceptors (Lipinski definition) is 3. The summed E-state index contributed by atoms with van der Waals surface area (Å²) in [5.74, 6) is -0.676. The topological polar surface area (TPSA) is 61.8 Å². The fraction of sp³-hybridized carbons (Fsp3) is 0.115. The van der Waals surface area contributed by atoms with Gasteiger partial charge in [-0.25, -0.2) is 4.99 Å². The molecule has 1 heterocycles. The third-order valence-electron chi connectivity index (χ3n) is 5.17. The number of aryl methyl sites for hydroxylation is 1. The van der Waals surface area contributed by atoms with E-state index in [1.807, 2.05) is 85.8 Å². The van der Waals surface area contributed by atoms with Crippen molar-refractivity contribution >= 4 is 29.3 Å². The van der Waals surface area contributed by atoms with Crippen molar-refractivity contribution in [3.05, 3.63) is 107 Å². The van der Waals surface area contributed by atoms with Crippen molar-refractivity contribution in [3.63, 3.8) is 0 Å². The third kappa shape index (κ3) is 4.46. The van der Waals surface area contributed by atoms with Gasteiger partial charge in [0.15, 0.2) is 0 Å². The van der Waals surface area contributed by atoms with Gasteiger partial charge in [0.25, 0.3) is 5.91 Å². The highest BCUT2D eigenvalue weighted by molar-refractivity contribution is 6.20. The molecular formula is C26H23N3O2. The molecule has 154 valence electrons. The molecule has 0 radical (unpaired) electrons. The van der Waals surface area contributed by atoms with Crippen LogP contribution in [-0.4, -0.2) is 30.7 Å². The van der Waals surface area contributed by atoms with Crippen LogP contribution < -0.4 is 10.2 Å². The molecule has 0 aromatic heterocycles. The molecule has 2 amide bonds. The van der Waals surface area contributed by atoms with Gasteiger partial charge in [-0.2, -0.15) is 0 Å². The Labute approximate surface area is 181 Å². The number of benzene rings is 3. The normalized spacial score (nSPS) is 15.9. The quantitative estimate of drug-likeness (QED) is 0.663. The van der Waals surface area contributed by atoms with Crippen molar-refractivity contribution in [2.45, 2.75) is 13.1 Å². The second-order valence-corrected chi connectivity index (χ2v) is 7.41. The number of likely N-dealkylation sites (N-methyl/N-ethyl adjacent to an activating group) is 1. The van der Waals surface area contributed by atoms with Gasteiger partial charge in [-0.3, -0.25) is 9.59 Å². The number of nitrogens with one attached hydrogen (secondary N) is 1. The van der Waals surface area contributed by atoms with Gasteiger partial charge in [-0.05, 0) is 24.6 Å². The fourth-order valence-corrected chi connectivity index (χ4v) is 3.47. The summed E-state index contributed by atoms with van der Waals surface area (Å²) >= 11 is 0. The summed E-state index contributed by atoms with van der Waals surface area (Å²) in [6.45, 7) is 2.01. The Hall–Kier alpha value is -3.99. The van der Waals surface area contributed by atoms with Gasteiger partial charge >= 0.3 is 0 Å². The molecule has 0 fully saturated rings. The number of carbonyl (C=O) groups is 2. The van der Waals surface area contributed by atoms with Crippen molar-refractivity contribution < 1.29 is 9.59 Å². The highest BCUT2D eigenvalue weighted by Gasteiger charge is 2.30. The monoisotopic (exact) mass is 409 g/mol. The predicted molar refractivity (Wildman–Crippen MR) is 124 cm³/mol. The first-order valence-electron chi connectivity index (χ1n) is 10.1. The Morgan fingerprint density at radius 2 is 1.65 bits per heavy atom. The van der Waals surface area contributed by atoms with Crippen LogP contribution in [0, 0.1) is 6.92 Å². The van der Waals surface area contributed by atoms with Crippen LogP contribution in [0.25, 0.3) is 6.08 Å². The smallest absolute Gasteiger partial charge is 0.272 e. The molecule has 5 heteroatoms. The number of hydrogen-bond donors (Lipinski definition) is 1. The first-order valence-corrected chi connectivity index (χ1v) is 10.1. The van der Waals surface area contributed by atoms with Crippen molar-refractivity contribution in [2.24, 2.45) is 4.99 Å². The summed E-state index contributed by atoms with van der Waals surface area (Å²) in [6.07, 6.45) is 2.12. The van der Waals surface area contributed by atoms with E-state index < -0.39 is 6.17 Å². The highest BCUT2D eigenvalue weighted by Crippen LogP contribution is 2.27. The number of fused-ring (bicyclic) bond motifs is 1. The minimum absolute atomic E-state index is 0.296. The van der Waals surface area contributed by atoms with Crippen LogP contribution in [0.5, 0.6) is 0 Å². The van der Waals surface area contributed by atoms with Gasteiger partial charge in [0, 0.05) is 24.3 Å². The van der Waals surface area contributed by atoms with E-state index >= 15 is 0 Å². The van der Waals surface area contributed by atoms with Gasteiger partial charge in [0.05, 0.1) is 11.4 Å². The number of benzodiazepines with no additional fused rings is 1. The van der Waals surface area contributed by atoms with Crippen molar-refractivity contribution in [1.82, 2.24) is 5.32 Å². The molecule has 0 saturated heterocycles. The summed E-state index contributed by atoms with van der Waals surface area (Å²) < 4.78 is 0. The van der Waals surface area contributed by atoms with E-state index in [9.17, 15) is 9.59 Å². The largest absolute Gasteiger partial charge is 0.323 e. The average Bonchev–Trinajstić information content (AvgIpc) is 2.90. The van der Waals surface area contributed by atoms with Crippen molar-refractivity contribution in [2.75, 3.05) is 11.9 Å². The third-order valence-corrected chi connectivity index (χ3v) is 5.17. The molecule has 3 aromatic carbocycles. The Kier molecular flexibility index (Phi) is 5.76. The van der Waals surface area contributed by atoms with Gasteiger partial charge < -0.3 is 10.2 Å². The first-order chi connectivity index (χ1) is 15.0. The molecule has 1 N–H and O–H groups in total. The molecule has 3 aromatic rings. The summed E-state index contributed by atoms with van der Waals surface area (Å²) in [6, 6.07) is 25.1. The molecule has 0 bridgehead atoms. The van der Waals surface area contributed by atoms with E-state index in [0.717, 1.165) is 27.9 Å². The Morgan fingerprint density at radius 3 is 2.39 bits per heavy atom. The number of para-hydroxylation sites is 1. The van der Waals surface area contributed by atoms with Crippen molar-refractivity contribution in [3.8, 4) is 0 Å². The summed E-state index contributed by atoms with van der Waals surface area (Å²) in [5.41, 5.74) is 5.20. The van der Waals surface area contributed by atoms with Crippen LogP contribution in [0.15, 0.2) is 89.9 Å². The zero-order valence-electron chi connectivity index (χ0n) is 17.4. The van der Waals surface area contributed by atoms with Crippen LogP contribution in [0.2, 0.25) is 0 Å². The predicted octanol–water partition coefficient (Wildman–Crippen LogP) is 3.96. The lowest BCUT2D eigenvalue weighted by Crippen LogP contribution is -2.45. The maximum absolute atomic E-state index is 13.1. The molecule has 0 unspecified atom stereocenters. The van der Waals surface area contributed by atoms with Crippen LogP contribution in [0.3, 0.4) is 0 Å². The molecule has 0 aliphatic carbocycles. The maximum Gasteiger partial charge on any atom is 0.272 e. The molecule has 31 heavy (non-hydrogen) atoms. The van der Waals surface area contributed by atoms with E-state index in [4.69, 9.17) is 0 Å². The first kappa shape index (κ1) is 20.3. The summed E-state index contributed by atoms with van der Waals surface area (Å²) in [7, 11) is 1.70. The highest BCUT2D eigenvalue weighted by atomic mass is 16.2. The zero-order chi connectivity index (χ0) is 21.8. The van der Waals surface area contributed by atoms with Gasteiger partial charge in [-0.1, -0.05) is 78.4 Å². The Balaban J connectivity index is 1.66. The lowest BCUT2D eigenvalue weighted by molar-refractivity contribution is -0.124. The maximum atomic E-state index is 13.1. The van der Waals surface area contributed by atoms with E-state index in [1.54, 1.807) is 18.0 Å². The van der Waals surface area contributed by atoms with Gasteiger partial charge in [-0.15, -0.1) is 0 Å². The van der Waals surface area contributed by atoms with Crippen LogP contribution in [0.1, 0.15) is 22.3 Å². The minimum atomic E-state index is -1.03. The molecule has 1 aliphatic heterocycles. The van der Waals surface area contributed by atoms with Crippen LogP contribution in [-0.2, 0) is 9.59 Å². The van der Waals surface area contributed by atoms with Gasteiger partial charge in [0.2, 0.25) is 12.1 Å². The molecular weight excluding hydrogens is 386 g/mol. The minimum Gasteiger partial charge on any atom is -0.323 e. The molecule has 1 atom stereocenters. The average molecular weight is 409 g/mol. The Morgan fingerprint density at radius 1 is 0.968 bits per heavy atom. The molecule has 5 nitrogen and oxygen atoms in total. The summed E-state index contributed by atoms with van der Waals surface area (Å²) in [5, 5.41) is 2.75. The number of rotatable bonds is 4. The number of anilines is 1. The standard InChI is InChI=1S/C26H23N3O2/c1-18-12-14-19(15-13-18)16-17-23(30)27-25-26(31)29(2)22-11-7-6-10-21(22)24(28-25)20-8-4-3-5-9-20/h3-17,25H,1-2H3,(H,27,30)/b17-16+/t25-/m1/s1. The van der Waals surface area contributed by atoms with E-state index in [0.29, 0.717) is 5.71 Å². The van der Waals surface area contributed by atoms with E-state index in [1.165, 1.54) is 6.08 Å². The number of carbonyl (C=O) groups excluding carboxylic acids is 2. The second-order valence-electron chi connectivity index (χ2n) is 7.41. The molecule has 1 aliphatic rings. The molecule has 0 spiro atoms. The lowest BCUT2D eigenvalue weighted by Gasteiger charge is -2.20. The Bertz CT molecular complexity index is 1160. The van der Waals surface area contributed by atoms with Crippen molar-refractivity contribution in [1.29, 1.82) is 0 Å². The van der Waals surface area contributed by atoms with Crippen LogP contribution >= 0.6 is 0 Å². The van der Waals surface area contributed by atoms with Crippen LogP contribution in [0.4, 0.5) is 5.69 Å². The SMILES string of the molecule is Cc1ccc(/C=C/C(=O)N[C@@H]2N=C(c3ccccc3)c3ccccc3N(C)C2=O)cc1. The number of aliphatic imine (C=N–C) groups is 1. The second kappa shape index (κ2) is 8.79. The van der Waals surface area contributed by atoms with E-state index in [2.05, 4.69) is 10.3 Å².